The molecule has 6 heteroatoms. The molecular formula is C11H14N4O2. The van der Waals surface area contributed by atoms with Crippen molar-refractivity contribution >= 4 is 11.5 Å². The summed E-state index contributed by atoms with van der Waals surface area (Å²) in [5.41, 5.74) is 0.575. The Morgan fingerprint density at radius 2 is 2.35 bits per heavy atom. The molecule has 1 heterocycles. The smallest absolute Gasteiger partial charge is 0.277 e. The summed E-state index contributed by atoms with van der Waals surface area (Å²) >= 11 is 0. The van der Waals surface area contributed by atoms with Crippen LogP contribution >= 0.6 is 0 Å². The molecule has 1 atom stereocenters. The topological polar surface area (TPSA) is 83.1 Å². The van der Waals surface area contributed by atoms with Gasteiger partial charge in [0.1, 0.15) is 5.82 Å². The Bertz CT molecular complexity index is 467. The molecule has 0 N–H and O–H groups in total. The predicted molar refractivity (Wildman–Crippen MR) is 63.7 cm³/mol. The van der Waals surface area contributed by atoms with Crippen LogP contribution in [-0.4, -0.2) is 23.0 Å². The molecule has 0 saturated carbocycles. The van der Waals surface area contributed by atoms with Crippen LogP contribution in [0.3, 0.4) is 0 Å². The Balaban J connectivity index is 3.04. The molecule has 0 aliphatic carbocycles. The first-order valence-corrected chi connectivity index (χ1v) is 5.18. The number of hydrogen-bond acceptors (Lipinski definition) is 5. The summed E-state index contributed by atoms with van der Waals surface area (Å²) in [5.74, 6) is 0.505. The number of rotatable bonds is 4. The SMILES string of the molecule is Cc1cnc(N(C)C(C)CC#N)cc1[N+](=O)[O-]. The Morgan fingerprint density at radius 1 is 1.71 bits per heavy atom. The van der Waals surface area contributed by atoms with Crippen LogP contribution in [0.25, 0.3) is 0 Å². The van der Waals surface area contributed by atoms with E-state index in [9.17, 15) is 10.1 Å². The maximum atomic E-state index is 10.8. The van der Waals surface area contributed by atoms with Crippen LogP contribution < -0.4 is 4.90 Å². The van der Waals surface area contributed by atoms with Crippen molar-refractivity contribution in [3.63, 3.8) is 0 Å². The quantitative estimate of drug-likeness (QED) is 0.588. The summed E-state index contributed by atoms with van der Waals surface area (Å²) < 4.78 is 0. The number of aryl methyl sites for hydroxylation is 1. The van der Waals surface area contributed by atoms with E-state index in [0.717, 1.165) is 0 Å². The highest BCUT2D eigenvalue weighted by molar-refractivity contribution is 5.50. The molecule has 1 rings (SSSR count). The third-order valence-corrected chi connectivity index (χ3v) is 2.67. The minimum atomic E-state index is -0.427. The highest BCUT2D eigenvalue weighted by Crippen LogP contribution is 2.23. The van der Waals surface area contributed by atoms with Crippen molar-refractivity contribution in [1.82, 2.24) is 4.98 Å². The van der Waals surface area contributed by atoms with Crippen molar-refractivity contribution < 1.29 is 4.92 Å². The third-order valence-electron chi connectivity index (χ3n) is 2.67. The average molecular weight is 234 g/mol. The van der Waals surface area contributed by atoms with Gasteiger partial charge in [-0.2, -0.15) is 5.26 Å². The summed E-state index contributed by atoms with van der Waals surface area (Å²) in [6.07, 6.45) is 1.82. The lowest BCUT2D eigenvalue weighted by molar-refractivity contribution is -0.385. The van der Waals surface area contributed by atoms with E-state index < -0.39 is 4.92 Å². The molecule has 1 aromatic rings. The minimum Gasteiger partial charge on any atom is -0.356 e. The van der Waals surface area contributed by atoms with Gasteiger partial charge in [-0.25, -0.2) is 4.98 Å². The monoisotopic (exact) mass is 234 g/mol. The highest BCUT2D eigenvalue weighted by atomic mass is 16.6. The van der Waals surface area contributed by atoms with E-state index in [2.05, 4.69) is 11.1 Å². The summed E-state index contributed by atoms with van der Waals surface area (Å²) in [6, 6.07) is 3.46. The molecule has 1 aromatic heterocycles. The molecule has 0 aromatic carbocycles. The van der Waals surface area contributed by atoms with Gasteiger partial charge in [0.2, 0.25) is 0 Å². The second kappa shape index (κ2) is 5.25. The minimum absolute atomic E-state index is 0.0326. The van der Waals surface area contributed by atoms with Gasteiger partial charge in [0.05, 0.1) is 23.5 Å². The van der Waals surface area contributed by atoms with E-state index >= 15 is 0 Å². The standard InChI is InChI=1S/C11H14N4O2/c1-8-7-13-11(6-10(8)15(16)17)14(3)9(2)4-5-12/h6-7,9H,4H2,1-3H3. The predicted octanol–water partition coefficient (Wildman–Crippen LogP) is 2.04. The summed E-state index contributed by atoms with van der Waals surface area (Å²) in [6.45, 7) is 3.52. The van der Waals surface area contributed by atoms with Crippen LogP contribution in [0.2, 0.25) is 0 Å². The molecule has 0 saturated heterocycles. The van der Waals surface area contributed by atoms with Gasteiger partial charge in [-0.15, -0.1) is 0 Å². The Hall–Kier alpha value is -2.16. The zero-order valence-corrected chi connectivity index (χ0v) is 10.0. The van der Waals surface area contributed by atoms with Gasteiger partial charge < -0.3 is 4.90 Å². The molecule has 90 valence electrons. The lowest BCUT2D eigenvalue weighted by Gasteiger charge is -2.23. The third kappa shape index (κ3) is 2.91. The van der Waals surface area contributed by atoms with E-state index in [1.54, 1.807) is 18.9 Å². The molecular weight excluding hydrogens is 220 g/mol. The van der Waals surface area contributed by atoms with Crippen LogP contribution in [-0.2, 0) is 0 Å². The van der Waals surface area contributed by atoms with Crippen LogP contribution in [0.5, 0.6) is 0 Å². The van der Waals surface area contributed by atoms with Gasteiger partial charge in [0.15, 0.2) is 0 Å². The number of nitrogens with zero attached hydrogens (tertiary/aromatic N) is 4. The molecule has 0 aliphatic heterocycles. The lowest BCUT2D eigenvalue weighted by atomic mass is 10.2. The molecule has 17 heavy (non-hydrogen) atoms. The van der Waals surface area contributed by atoms with Crippen molar-refractivity contribution in [2.45, 2.75) is 26.3 Å². The number of pyridine rings is 1. The molecule has 1 unspecified atom stereocenters. The van der Waals surface area contributed by atoms with Gasteiger partial charge in [-0.05, 0) is 13.8 Å². The van der Waals surface area contributed by atoms with E-state index in [1.165, 1.54) is 12.3 Å². The highest BCUT2D eigenvalue weighted by Gasteiger charge is 2.16. The van der Waals surface area contributed by atoms with E-state index in [1.807, 2.05) is 6.92 Å². The van der Waals surface area contributed by atoms with Crippen molar-refractivity contribution in [1.29, 1.82) is 5.26 Å². The van der Waals surface area contributed by atoms with Gasteiger partial charge in [0.25, 0.3) is 5.69 Å². The summed E-state index contributed by atoms with van der Waals surface area (Å²) in [4.78, 5) is 16.3. The first-order chi connectivity index (χ1) is 7.97. The van der Waals surface area contributed by atoms with E-state index in [4.69, 9.17) is 5.26 Å². The van der Waals surface area contributed by atoms with Gasteiger partial charge in [-0.1, -0.05) is 0 Å². The number of aromatic nitrogens is 1. The van der Waals surface area contributed by atoms with Crippen LogP contribution in [0.4, 0.5) is 11.5 Å². The van der Waals surface area contributed by atoms with E-state index in [-0.39, 0.29) is 11.7 Å². The fraction of sp³-hybridized carbons (Fsp3) is 0.455. The van der Waals surface area contributed by atoms with Gasteiger partial charge >= 0.3 is 0 Å². The first-order valence-electron chi connectivity index (χ1n) is 5.18. The number of nitro groups is 1. The zero-order chi connectivity index (χ0) is 13.0. The van der Waals surface area contributed by atoms with Crippen molar-refractivity contribution in [3.05, 3.63) is 27.9 Å². The second-order valence-electron chi connectivity index (χ2n) is 3.91. The number of nitriles is 1. The van der Waals surface area contributed by atoms with Crippen molar-refractivity contribution in [2.24, 2.45) is 0 Å². The molecule has 6 nitrogen and oxygen atoms in total. The van der Waals surface area contributed by atoms with Crippen molar-refractivity contribution in [2.75, 3.05) is 11.9 Å². The normalized spacial score (nSPS) is 11.6. The van der Waals surface area contributed by atoms with Gasteiger partial charge in [0, 0.05) is 24.8 Å². The molecule has 0 bridgehead atoms. The van der Waals surface area contributed by atoms with Gasteiger partial charge in [-0.3, -0.25) is 10.1 Å². The van der Waals surface area contributed by atoms with Crippen LogP contribution in [0, 0.1) is 28.4 Å². The molecule has 0 amide bonds. The molecule has 0 fully saturated rings. The number of hydrogen-bond donors (Lipinski definition) is 0. The molecule has 0 radical (unpaired) electrons. The largest absolute Gasteiger partial charge is 0.356 e. The Labute approximate surface area is 99.6 Å². The first kappa shape index (κ1) is 12.9. The fourth-order valence-electron chi connectivity index (χ4n) is 1.39. The lowest BCUT2D eigenvalue weighted by Crippen LogP contribution is -2.29. The zero-order valence-electron chi connectivity index (χ0n) is 10.0. The van der Waals surface area contributed by atoms with E-state index in [0.29, 0.717) is 17.8 Å². The number of anilines is 1. The second-order valence-corrected chi connectivity index (χ2v) is 3.91. The summed E-state index contributed by atoms with van der Waals surface area (Å²) in [7, 11) is 1.77. The molecule has 0 aliphatic rings. The van der Waals surface area contributed by atoms with Crippen molar-refractivity contribution in [3.8, 4) is 6.07 Å². The fourth-order valence-corrected chi connectivity index (χ4v) is 1.39. The molecule has 0 spiro atoms. The van der Waals surface area contributed by atoms with Crippen LogP contribution in [0.15, 0.2) is 12.3 Å². The Morgan fingerprint density at radius 3 is 2.88 bits per heavy atom. The average Bonchev–Trinajstić information content (AvgIpc) is 2.28. The summed E-state index contributed by atoms with van der Waals surface area (Å²) in [5, 5.41) is 19.4. The maximum Gasteiger partial charge on any atom is 0.277 e. The maximum absolute atomic E-state index is 10.8. The van der Waals surface area contributed by atoms with Crippen LogP contribution in [0.1, 0.15) is 18.9 Å². The Kier molecular flexibility index (Phi) is 3.99.